The summed E-state index contributed by atoms with van der Waals surface area (Å²) in [6.07, 6.45) is 1.12. The van der Waals surface area contributed by atoms with E-state index in [2.05, 4.69) is 5.32 Å². The Kier molecular flexibility index (Phi) is 3.21. The lowest BCUT2D eigenvalue weighted by atomic mass is 10.1. The van der Waals surface area contributed by atoms with Crippen molar-refractivity contribution in [3.63, 3.8) is 0 Å². The van der Waals surface area contributed by atoms with Crippen molar-refractivity contribution in [2.75, 3.05) is 19.7 Å². The quantitative estimate of drug-likeness (QED) is 0.823. The standard InChI is InChI=1S/C12H16FNO/c1-9-2-3-12(11(13)6-9)15-8-10-4-5-14-7-10/h2-3,6,10,14H,4-5,7-8H2,1H3/t10-/m0/s1. The summed E-state index contributed by atoms with van der Waals surface area (Å²) in [5.74, 6) is 0.624. The van der Waals surface area contributed by atoms with Gasteiger partial charge in [0.05, 0.1) is 6.61 Å². The monoisotopic (exact) mass is 209 g/mol. The number of hydrogen-bond donors (Lipinski definition) is 1. The van der Waals surface area contributed by atoms with Gasteiger partial charge < -0.3 is 10.1 Å². The van der Waals surface area contributed by atoms with E-state index in [1.165, 1.54) is 6.07 Å². The van der Waals surface area contributed by atoms with Gasteiger partial charge in [-0.3, -0.25) is 0 Å². The fraction of sp³-hybridized carbons (Fsp3) is 0.500. The van der Waals surface area contributed by atoms with E-state index in [1.807, 2.05) is 13.0 Å². The van der Waals surface area contributed by atoms with Gasteiger partial charge in [-0.05, 0) is 37.6 Å². The lowest BCUT2D eigenvalue weighted by Crippen LogP contribution is -2.15. The van der Waals surface area contributed by atoms with Gasteiger partial charge in [-0.25, -0.2) is 4.39 Å². The molecule has 0 bridgehead atoms. The summed E-state index contributed by atoms with van der Waals surface area (Å²) in [5.41, 5.74) is 0.919. The average molecular weight is 209 g/mol. The molecule has 1 atom stereocenters. The molecule has 1 saturated heterocycles. The smallest absolute Gasteiger partial charge is 0.165 e. The minimum atomic E-state index is -0.263. The zero-order chi connectivity index (χ0) is 10.7. The molecular weight excluding hydrogens is 193 g/mol. The van der Waals surface area contributed by atoms with Crippen LogP contribution in [0.1, 0.15) is 12.0 Å². The van der Waals surface area contributed by atoms with Crippen molar-refractivity contribution in [2.45, 2.75) is 13.3 Å². The largest absolute Gasteiger partial charge is 0.490 e. The van der Waals surface area contributed by atoms with Crippen LogP contribution in [0, 0.1) is 18.7 Å². The first kappa shape index (κ1) is 10.4. The second-order valence-corrected chi connectivity index (χ2v) is 4.10. The Morgan fingerprint density at radius 1 is 1.53 bits per heavy atom. The van der Waals surface area contributed by atoms with Crippen LogP contribution in [-0.2, 0) is 0 Å². The first-order valence-electron chi connectivity index (χ1n) is 5.35. The van der Waals surface area contributed by atoms with Gasteiger partial charge >= 0.3 is 0 Å². The topological polar surface area (TPSA) is 21.3 Å². The zero-order valence-corrected chi connectivity index (χ0v) is 8.92. The number of nitrogens with one attached hydrogen (secondary N) is 1. The van der Waals surface area contributed by atoms with E-state index in [9.17, 15) is 4.39 Å². The number of hydrogen-bond acceptors (Lipinski definition) is 2. The molecule has 1 heterocycles. The fourth-order valence-electron chi connectivity index (χ4n) is 1.79. The van der Waals surface area contributed by atoms with Gasteiger partial charge in [0.1, 0.15) is 0 Å². The van der Waals surface area contributed by atoms with Crippen LogP contribution in [0.15, 0.2) is 18.2 Å². The number of aryl methyl sites for hydroxylation is 1. The van der Waals surface area contributed by atoms with Gasteiger partial charge in [0, 0.05) is 12.5 Å². The third-order valence-corrected chi connectivity index (χ3v) is 2.72. The Bertz CT molecular complexity index is 334. The Labute approximate surface area is 89.4 Å². The van der Waals surface area contributed by atoms with E-state index in [0.29, 0.717) is 18.3 Å². The summed E-state index contributed by atoms with van der Waals surface area (Å²) >= 11 is 0. The van der Waals surface area contributed by atoms with Gasteiger partial charge in [0.15, 0.2) is 11.6 Å². The second kappa shape index (κ2) is 4.62. The van der Waals surface area contributed by atoms with Crippen LogP contribution in [0.4, 0.5) is 4.39 Å². The first-order valence-corrected chi connectivity index (χ1v) is 5.35. The zero-order valence-electron chi connectivity index (χ0n) is 8.92. The van der Waals surface area contributed by atoms with Crippen molar-refractivity contribution in [1.82, 2.24) is 5.32 Å². The molecule has 2 rings (SSSR count). The van der Waals surface area contributed by atoms with Crippen LogP contribution in [0.2, 0.25) is 0 Å². The SMILES string of the molecule is Cc1ccc(OC[C@H]2CCNC2)c(F)c1. The van der Waals surface area contributed by atoms with Crippen LogP contribution in [0.3, 0.4) is 0 Å². The molecule has 1 aliphatic heterocycles. The van der Waals surface area contributed by atoms with E-state index in [0.717, 1.165) is 25.1 Å². The molecule has 1 N–H and O–H groups in total. The van der Waals surface area contributed by atoms with Crippen molar-refractivity contribution >= 4 is 0 Å². The molecule has 3 heteroatoms. The molecule has 1 fully saturated rings. The maximum atomic E-state index is 13.4. The number of rotatable bonds is 3. The molecule has 0 aliphatic carbocycles. The average Bonchev–Trinajstić information content (AvgIpc) is 2.69. The van der Waals surface area contributed by atoms with Gasteiger partial charge in [0.2, 0.25) is 0 Å². The molecule has 0 amide bonds. The third kappa shape index (κ3) is 2.69. The summed E-state index contributed by atoms with van der Waals surface area (Å²) < 4.78 is 18.8. The highest BCUT2D eigenvalue weighted by Gasteiger charge is 2.15. The molecule has 0 radical (unpaired) electrons. The molecule has 0 saturated carbocycles. The van der Waals surface area contributed by atoms with Crippen LogP contribution in [-0.4, -0.2) is 19.7 Å². The molecule has 0 aromatic heterocycles. The predicted octanol–water partition coefficient (Wildman–Crippen LogP) is 2.12. The summed E-state index contributed by atoms with van der Waals surface area (Å²) in [5, 5.41) is 3.26. The van der Waals surface area contributed by atoms with Crippen molar-refractivity contribution in [2.24, 2.45) is 5.92 Å². The molecule has 1 aliphatic rings. The van der Waals surface area contributed by atoms with Gasteiger partial charge in [-0.15, -0.1) is 0 Å². The first-order chi connectivity index (χ1) is 7.25. The maximum absolute atomic E-state index is 13.4. The van der Waals surface area contributed by atoms with E-state index in [1.54, 1.807) is 6.07 Å². The molecule has 1 aromatic rings. The highest BCUT2D eigenvalue weighted by molar-refractivity contribution is 5.28. The molecule has 15 heavy (non-hydrogen) atoms. The number of halogens is 1. The predicted molar refractivity (Wildman–Crippen MR) is 57.6 cm³/mol. The van der Waals surface area contributed by atoms with Crippen molar-refractivity contribution in [3.8, 4) is 5.75 Å². The number of benzene rings is 1. The van der Waals surface area contributed by atoms with Gasteiger partial charge in [-0.1, -0.05) is 6.07 Å². The number of ether oxygens (including phenoxy) is 1. The summed E-state index contributed by atoms with van der Waals surface area (Å²) in [7, 11) is 0. The van der Waals surface area contributed by atoms with E-state index >= 15 is 0 Å². The molecular formula is C12H16FNO. The summed E-state index contributed by atoms with van der Waals surface area (Å²) in [6.45, 7) is 4.50. The van der Waals surface area contributed by atoms with Crippen LogP contribution >= 0.6 is 0 Å². The van der Waals surface area contributed by atoms with E-state index in [4.69, 9.17) is 4.74 Å². The summed E-state index contributed by atoms with van der Waals surface area (Å²) in [6, 6.07) is 5.07. The Morgan fingerprint density at radius 3 is 3.07 bits per heavy atom. The lowest BCUT2D eigenvalue weighted by molar-refractivity contribution is 0.249. The van der Waals surface area contributed by atoms with Crippen molar-refractivity contribution in [1.29, 1.82) is 0 Å². The van der Waals surface area contributed by atoms with E-state index < -0.39 is 0 Å². The molecule has 2 nitrogen and oxygen atoms in total. The molecule has 0 spiro atoms. The van der Waals surface area contributed by atoms with Crippen LogP contribution in [0.5, 0.6) is 5.75 Å². The highest BCUT2D eigenvalue weighted by atomic mass is 19.1. The van der Waals surface area contributed by atoms with E-state index in [-0.39, 0.29) is 5.82 Å². The third-order valence-electron chi connectivity index (χ3n) is 2.72. The molecule has 82 valence electrons. The maximum Gasteiger partial charge on any atom is 0.165 e. The minimum absolute atomic E-state index is 0.263. The highest BCUT2D eigenvalue weighted by Crippen LogP contribution is 2.19. The Hall–Kier alpha value is -1.09. The second-order valence-electron chi connectivity index (χ2n) is 4.10. The normalized spacial score (nSPS) is 20.5. The van der Waals surface area contributed by atoms with Crippen LogP contribution < -0.4 is 10.1 Å². The van der Waals surface area contributed by atoms with Crippen molar-refractivity contribution in [3.05, 3.63) is 29.6 Å². The molecule has 1 aromatic carbocycles. The van der Waals surface area contributed by atoms with Crippen LogP contribution in [0.25, 0.3) is 0 Å². The van der Waals surface area contributed by atoms with Crippen molar-refractivity contribution < 1.29 is 9.13 Å². The summed E-state index contributed by atoms with van der Waals surface area (Å²) in [4.78, 5) is 0. The minimum Gasteiger partial charge on any atom is -0.490 e. The van der Waals surface area contributed by atoms with Gasteiger partial charge in [-0.2, -0.15) is 0 Å². The lowest BCUT2D eigenvalue weighted by Gasteiger charge is -2.11. The molecule has 0 unspecified atom stereocenters. The Morgan fingerprint density at radius 2 is 2.40 bits per heavy atom. The fourth-order valence-corrected chi connectivity index (χ4v) is 1.79. The van der Waals surface area contributed by atoms with Gasteiger partial charge in [0.25, 0.3) is 0 Å². The Balaban J connectivity index is 1.92.